The zero-order valence-corrected chi connectivity index (χ0v) is 16.9. The number of carbonyl (C=O) groups is 2. The molecule has 28 heavy (non-hydrogen) atoms. The molecule has 1 aromatic heterocycles. The van der Waals surface area contributed by atoms with Crippen LogP contribution < -0.4 is 10.6 Å². The first kappa shape index (κ1) is 18.7. The molecule has 1 aliphatic rings. The molecule has 1 heterocycles. The van der Waals surface area contributed by atoms with E-state index in [1.165, 1.54) is 11.3 Å². The zero-order chi connectivity index (χ0) is 19.7. The van der Waals surface area contributed by atoms with Gasteiger partial charge in [0.25, 0.3) is 11.8 Å². The van der Waals surface area contributed by atoms with Crippen LogP contribution in [0, 0.1) is 6.92 Å². The Morgan fingerprint density at radius 2 is 1.75 bits per heavy atom. The summed E-state index contributed by atoms with van der Waals surface area (Å²) in [5.41, 5.74) is 3.13. The lowest BCUT2D eigenvalue weighted by Crippen LogP contribution is -2.25. The molecule has 0 radical (unpaired) electrons. The fraction of sp³-hybridized carbons (Fsp3) is 0.182. The standard InChI is InChI=1S/C22H19ClN2O2S/c1-13-2-3-15(21(26)24-17-8-9-17)12-18(13)25-22(27)20-11-10-19(28-20)14-4-6-16(23)7-5-14/h2-7,10-12,17H,8-9H2,1H3,(H,24,26)(H,25,27). The Balaban J connectivity index is 1.50. The monoisotopic (exact) mass is 410 g/mol. The van der Waals surface area contributed by atoms with E-state index in [-0.39, 0.29) is 11.8 Å². The van der Waals surface area contributed by atoms with Gasteiger partial charge >= 0.3 is 0 Å². The summed E-state index contributed by atoms with van der Waals surface area (Å²) in [7, 11) is 0. The summed E-state index contributed by atoms with van der Waals surface area (Å²) in [4.78, 5) is 26.6. The highest BCUT2D eigenvalue weighted by molar-refractivity contribution is 7.17. The van der Waals surface area contributed by atoms with Crippen LogP contribution in [0.5, 0.6) is 0 Å². The summed E-state index contributed by atoms with van der Waals surface area (Å²) < 4.78 is 0. The van der Waals surface area contributed by atoms with Gasteiger partial charge in [0.2, 0.25) is 0 Å². The number of hydrogen-bond donors (Lipinski definition) is 2. The Hall–Kier alpha value is -2.63. The average molecular weight is 411 g/mol. The van der Waals surface area contributed by atoms with Gasteiger partial charge < -0.3 is 10.6 Å². The minimum atomic E-state index is -0.187. The third-order valence-corrected chi connectivity index (χ3v) is 6.00. The molecule has 0 aliphatic heterocycles. The molecule has 1 aliphatic carbocycles. The van der Waals surface area contributed by atoms with Crippen LogP contribution >= 0.6 is 22.9 Å². The van der Waals surface area contributed by atoms with Crippen LogP contribution in [-0.4, -0.2) is 17.9 Å². The normalized spacial score (nSPS) is 13.2. The van der Waals surface area contributed by atoms with Crippen LogP contribution in [0.2, 0.25) is 5.02 Å². The lowest BCUT2D eigenvalue weighted by molar-refractivity contribution is 0.0949. The predicted octanol–water partition coefficient (Wildman–Crippen LogP) is 5.52. The molecule has 3 aromatic rings. The number of carbonyl (C=O) groups excluding carboxylic acids is 2. The van der Waals surface area contributed by atoms with E-state index in [0.717, 1.165) is 28.8 Å². The summed E-state index contributed by atoms with van der Waals surface area (Å²) in [5, 5.41) is 6.58. The smallest absolute Gasteiger partial charge is 0.265 e. The molecule has 2 N–H and O–H groups in total. The van der Waals surface area contributed by atoms with Gasteiger partial charge in [0.15, 0.2) is 0 Å². The van der Waals surface area contributed by atoms with E-state index < -0.39 is 0 Å². The molecule has 4 nitrogen and oxygen atoms in total. The van der Waals surface area contributed by atoms with E-state index in [4.69, 9.17) is 11.6 Å². The van der Waals surface area contributed by atoms with Gasteiger partial charge in [-0.2, -0.15) is 0 Å². The largest absolute Gasteiger partial charge is 0.349 e. The minimum Gasteiger partial charge on any atom is -0.349 e. The number of benzene rings is 2. The topological polar surface area (TPSA) is 58.2 Å². The van der Waals surface area contributed by atoms with Gasteiger partial charge in [-0.1, -0.05) is 29.8 Å². The van der Waals surface area contributed by atoms with E-state index in [1.807, 2.05) is 49.4 Å². The molecule has 2 aromatic carbocycles. The van der Waals surface area contributed by atoms with Crippen LogP contribution in [0.15, 0.2) is 54.6 Å². The van der Waals surface area contributed by atoms with E-state index >= 15 is 0 Å². The molecule has 0 saturated heterocycles. The van der Waals surface area contributed by atoms with Crippen molar-refractivity contribution >= 4 is 40.4 Å². The Labute approximate surface area is 172 Å². The van der Waals surface area contributed by atoms with Gasteiger partial charge in [-0.3, -0.25) is 9.59 Å². The zero-order valence-electron chi connectivity index (χ0n) is 15.3. The van der Waals surface area contributed by atoms with Gasteiger partial charge in [0, 0.05) is 27.2 Å². The number of amides is 2. The van der Waals surface area contributed by atoms with Gasteiger partial charge in [-0.15, -0.1) is 11.3 Å². The Bertz CT molecular complexity index is 1040. The van der Waals surface area contributed by atoms with Crippen molar-refractivity contribution in [2.45, 2.75) is 25.8 Å². The second-order valence-corrected chi connectivity index (χ2v) is 8.42. The number of hydrogen-bond acceptors (Lipinski definition) is 3. The van der Waals surface area contributed by atoms with E-state index in [9.17, 15) is 9.59 Å². The third-order valence-electron chi connectivity index (χ3n) is 4.62. The number of thiophene rings is 1. The van der Waals surface area contributed by atoms with Gasteiger partial charge in [0.05, 0.1) is 4.88 Å². The molecule has 1 fully saturated rings. The van der Waals surface area contributed by atoms with Crippen LogP contribution in [-0.2, 0) is 0 Å². The summed E-state index contributed by atoms with van der Waals surface area (Å²) in [6, 6.07) is 16.9. The van der Waals surface area contributed by atoms with Gasteiger partial charge in [0.1, 0.15) is 0 Å². The molecule has 4 rings (SSSR count). The first-order chi connectivity index (χ1) is 13.5. The third kappa shape index (κ3) is 4.26. The van der Waals surface area contributed by atoms with Gasteiger partial charge in [-0.25, -0.2) is 0 Å². The highest BCUT2D eigenvalue weighted by Crippen LogP contribution is 2.30. The SMILES string of the molecule is Cc1ccc(C(=O)NC2CC2)cc1NC(=O)c1ccc(-c2ccc(Cl)cc2)s1. The fourth-order valence-electron chi connectivity index (χ4n) is 2.81. The van der Waals surface area contributed by atoms with Crippen molar-refractivity contribution in [2.75, 3.05) is 5.32 Å². The van der Waals surface area contributed by atoms with Crippen LogP contribution in [0.1, 0.15) is 38.4 Å². The molecular weight excluding hydrogens is 392 g/mol. The lowest BCUT2D eigenvalue weighted by Gasteiger charge is -2.10. The molecular formula is C22H19ClN2O2S. The van der Waals surface area contributed by atoms with Crippen molar-refractivity contribution in [3.63, 3.8) is 0 Å². The summed E-state index contributed by atoms with van der Waals surface area (Å²) in [6.45, 7) is 1.91. The quantitative estimate of drug-likeness (QED) is 0.581. The summed E-state index contributed by atoms with van der Waals surface area (Å²) in [6.07, 6.45) is 2.07. The summed E-state index contributed by atoms with van der Waals surface area (Å²) >= 11 is 7.35. The first-order valence-electron chi connectivity index (χ1n) is 9.08. The predicted molar refractivity (Wildman–Crippen MR) is 114 cm³/mol. The lowest BCUT2D eigenvalue weighted by atomic mass is 10.1. The van der Waals surface area contributed by atoms with Crippen molar-refractivity contribution in [3.8, 4) is 10.4 Å². The van der Waals surface area contributed by atoms with Crippen molar-refractivity contribution in [1.29, 1.82) is 0 Å². The molecule has 1 saturated carbocycles. The highest BCUT2D eigenvalue weighted by atomic mass is 35.5. The van der Waals surface area contributed by atoms with Crippen molar-refractivity contribution < 1.29 is 9.59 Å². The van der Waals surface area contributed by atoms with Crippen molar-refractivity contribution in [2.24, 2.45) is 0 Å². The first-order valence-corrected chi connectivity index (χ1v) is 10.3. The molecule has 0 atom stereocenters. The number of halogens is 1. The van der Waals surface area contributed by atoms with E-state index in [1.54, 1.807) is 12.1 Å². The second kappa shape index (κ2) is 7.78. The maximum absolute atomic E-state index is 12.7. The average Bonchev–Trinajstić information content (AvgIpc) is 3.35. The fourth-order valence-corrected chi connectivity index (χ4v) is 3.84. The highest BCUT2D eigenvalue weighted by Gasteiger charge is 2.24. The Morgan fingerprint density at radius 3 is 2.46 bits per heavy atom. The van der Waals surface area contributed by atoms with E-state index in [2.05, 4.69) is 10.6 Å². The van der Waals surface area contributed by atoms with Crippen LogP contribution in [0.4, 0.5) is 5.69 Å². The summed E-state index contributed by atoms with van der Waals surface area (Å²) in [5.74, 6) is -0.285. The Morgan fingerprint density at radius 1 is 1.00 bits per heavy atom. The van der Waals surface area contributed by atoms with Gasteiger partial charge in [-0.05, 0) is 67.3 Å². The molecule has 0 unspecified atom stereocenters. The molecule has 142 valence electrons. The molecule has 6 heteroatoms. The molecule has 0 spiro atoms. The van der Waals surface area contributed by atoms with Crippen LogP contribution in [0.3, 0.4) is 0 Å². The number of nitrogens with one attached hydrogen (secondary N) is 2. The number of anilines is 1. The maximum atomic E-state index is 12.7. The molecule has 0 bridgehead atoms. The van der Waals surface area contributed by atoms with Crippen LogP contribution in [0.25, 0.3) is 10.4 Å². The maximum Gasteiger partial charge on any atom is 0.265 e. The minimum absolute atomic E-state index is 0.0980. The van der Waals surface area contributed by atoms with Crippen molar-refractivity contribution in [3.05, 3.63) is 75.6 Å². The van der Waals surface area contributed by atoms with E-state index in [0.29, 0.717) is 27.2 Å². The van der Waals surface area contributed by atoms with Crippen molar-refractivity contribution in [1.82, 2.24) is 5.32 Å². The number of aryl methyl sites for hydroxylation is 1. The number of rotatable bonds is 5. The Kier molecular flexibility index (Phi) is 5.20. The molecule has 2 amide bonds. The second-order valence-electron chi connectivity index (χ2n) is 6.90.